The van der Waals surface area contributed by atoms with Crippen LogP contribution in [0, 0.1) is 11.6 Å². The average Bonchev–Trinajstić information content (AvgIpc) is 2.65. The molecule has 0 aliphatic carbocycles. The summed E-state index contributed by atoms with van der Waals surface area (Å²) in [5.74, 6) is -1.80. The molecule has 0 bridgehead atoms. The maximum atomic E-state index is 13.4. The number of amides is 1. The van der Waals surface area contributed by atoms with Crippen LogP contribution in [0.5, 0.6) is 0 Å². The Balaban J connectivity index is 1.82. The van der Waals surface area contributed by atoms with Crippen LogP contribution in [0.1, 0.15) is 15.9 Å². The lowest BCUT2D eigenvalue weighted by atomic mass is 10.1. The summed E-state index contributed by atoms with van der Waals surface area (Å²) >= 11 is 0. The largest absolute Gasteiger partial charge is 0.380 e. The van der Waals surface area contributed by atoms with Crippen LogP contribution in [0.3, 0.4) is 0 Å². The van der Waals surface area contributed by atoms with Crippen molar-refractivity contribution in [1.82, 2.24) is 4.98 Å². The Labute approximate surface area is 171 Å². The van der Waals surface area contributed by atoms with Crippen LogP contribution in [0.25, 0.3) is 0 Å². The molecule has 4 N–H and O–H groups in total. The predicted molar refractivity (Wildman–Crippen MR) is 109 cm³/mol. The number of hydrogen-bond donors (Lipinski definition) is 3. The lowest BCUT2D eigenvalue weighted by Gasteiger charge is -2.13. The zero-order chi connectivity index (χ0) is 21.9. The number of hydrogen-bond acceptors (Lipinski definition) is 6. The highest BCUT2D eigenvalue weighted by Gasteiger charge is 2.12. The summed E-state index contributed by atoms with van der Waals surface area (Å²) in [4.78, 5) is 16.0. The van der Waals surface area contributed by atoms with E-state index in [9.17, 15) is 22.0 Å². The van der Waals surface area contributed by atoms with Gasteiger partial charge in [0, 0.05) is 36.8 Å². The van der Waals surface area contributed by atoms with Crippen LogP contribution < -0.4 is 16.4 Å². The molecule has 1 heterocycles. The summed E-state index contributed by atoms with van der Waals surface area (Å²) in [6.45, 7) is 0.0431. The summed E-state index contributed by atoms with van der Waals surface area (Å²) in [5.41, 5.74) is 6.70. The standard InChI is InChI=1S/C20H18F2N4O3S/c1-30(28,29)16-4-2-15(3-5-16)26-19-9-18(17(11-25-19)20(23)27)24-10-12-6-13(21)8-14(22)7-12/h2-9,11H,10H2,1H3,(H2,23,27)(H2,24,25,26). The van der Waals surface area contributed by atoms with Crippen molar-refractivity contribution in [2.24, 2.45) is 5.73 Å². The summed E-state index contributed by atoms with van der Waals surface area (Å²) in [6, 6.07) is 10.7. The zero-order valence-corrected chi connectivity index (χ0v) is 16.6. The number of benzene rings is 2. The van der Waals surface area contributed by atoms with Crippen LogP contribution in [-0.4, -0.2) is 25.6 Å². The van der Waals surface area contributed by atoms with Crippen molar-refractivity contribution in [3.63, 3.8) is 0 Å². The van der Waals surface area contributed by atoms with Crippen LogP contribution in [0.4, 0.5) is 26.0 Å². The minimum atomic E-state index is -3.31. The van der Waals surface area contributed by atoms with Crippen LogP contribution in [0.15, 0.2) is 59.6 Å². The lowest BCUT2D eigenvalue weighted by molar-refractivity contribution is 0.100. The van der Waals surface area contributed by atoms with Gasteiger partial charge in [-0.2, -0.15) is 0 Å². The van der Waals surface area contributed by atoms with E-state index in [-0.39, 0.29) is 17.0 Å². The summed E-state index contributed by atoms with van der Waals surface area (Å²) in [7, 11) is -3.31. The van der Waals surface area contributed by atoms with E-state index in [0.29, 0.717) is 22.8 Å². The number of pyridine rings is 1. The van der Waals surface area contributed by atoms with Gasteiger partial charge in [0.15, 0.2) is 9.84 Å². The first-order chi connectivity index (χ1) is 14.1. The number of aromatic nitrogens is 1. The molecule has 0 fully saturated rings. The zero-order valence-electron chi connectivity index (χ0n) is 15.8. The van der Waals surface area contributed by atoms with Gasteiger partial charge in [0.25, 0.3) is 5.91 Å². The van der Waals surface area contributed by atoms with Crippen molar-refractivity contribution in [3.8, 4) is 0 Å². The third-order valence-corrected chi connectivity index (χ3v) is 5.26. The van der Waals surface area contributed by atoms with Gasteiger partial charge >= 0.3 is 0 Å². The molecule has 0 spiro atoms. The highest BCUT2D eigenvalue weighted by molar-refractivity contribution is 7.90. The van der Waals surface area contributed by atoms with Crippen LogP contribution in [-0.2, 0) is 16.4 Å². The van der Waals surface area contributed by atoms with E-state index < -0.39 is 27.4 Å². The van der Waals surface area contributed by atoms with E-state index in [0.717, 1.165) is 12.3 Å². The molecule has 0 atom stereocenters. The molecule has 3 rings (SSSR count). The lowest BCUT2D eigenvalue weighted by Crippen LogP contribution is -2.15. The van der Waals surface area contributed by atoms with Crippen molar-refractivity contribution in [2.45, 2.75) is 11.4 Å². The molecule has 1 amide bonds. The van der Waals surface area contributed by atoms with E-state index in [1.165, 1.54) is 36.5 Å². The molecule has 10 heteroatoms. The third kappa shape index (κ3) is 5.29. The second kappa shape index (κ2) is 8.46. The molecular weight excluding hydrogens is 414 g/mol. The Hall–Kier alpha value is -3.53. The molecule has 0 radical (unpaired) electrons. The van der Waals surface area contributed by atoms with Gasteiger partial charge in [0.1, 0.15) is 17.5 Å². The molecule has 2 aromatic carbocycles. The second-order valence-electron chi connectivity index (χ2n) is 6.53. The molecule has 0 aliphatic heterocycles. The average molecular weight is 432 g/mol. The number of nitrogens with zero attached hydrogens (tertiary/aromatic N) is 1. The van der Waals surface area contributed by atoms with Gasteiger partial charge in [-0.1, -0.05) is 0 Å². The normalized spacial score (nSPS) is 11.2. The molecule has 0 aliphatic rings. The first-order valence-electron chi connectivity index (χ1n) is 8.67. The summed E-state index contributed by atoms with van der Waals surface area (Å²) < 4.78 is 49.8. The van der Waals surface area contributed by atoms with Gasteiger partial charge in [-0.15, -0.1) is 0 Å². The number of rotatable bonds is 7. The number of nitrogens with one attached hydrogen (secondary N) is 2. The Morgan fingerprint density at radius 1 is 1.07 bits per heavy atom. The van der Waals surface area contributed by atoms with Crippen molar-refractivity contribution in [3.05, 3.63) is 77.5 Å². The molecule has 30 heavy (non-hydrogen) atoms. The first-order valence-corrected chi connectivity index (χ1v) is 10.6. The smallest absolute Gasteiger partial charge is 0.252 e. The Morgan fingerprint density at radius 3 is 2.27 bits per heavy atom. The third-order valence-electron chi connectivity index (χ3n) is 4.13. The van der Waals surface area contributed by atoms with Gasteiger partial charge in [0.2, 0.25) is 0 Å². The highest BCUT2D eigenvalue weighted by atomic mass is 32.2. The fraction of sp³-hybridized carbons (Fsp3) is 0.100. The van der Waals surface area contributed by atoms with Crippen molar-refractivity contribution in [1.29, 1.82) is 0 Å². The van der Waals surface area contributed by atoms with Crippen LogP contribution >= 0.6 is 0 Å². The van der Waals surface area contributed by atoms with Gasteiger partial charge in [-0.05, 0) is 42.0 Å². The number of anilines is 3. The monoisotopic (exact) mass is 432 g/mol. The predicted octanol–water partition coefficient (Wildman–Crippen LogP) is 3.22. The fourth-order valence-corrected chi connectivity index (χ4v) is 3.34. The molecule has 0 saturated heterocycles. The summed E-state index contributed by atoms with van der Waals surface area (Å²) in [5, 5.41) is 5.91. The van der Waals surface area contributed by atoms with Gasteiger partial charge < -0.3 is 16.4 Å². The number of primary amides is 1. The van der Waals surface area contributed by atoms with Crippen molar-refractivity contribution < 1.29 is 22.0 Å². The van der Waals surface area contributed by atoms with E-state index >= 15 is 0 Å². The topological polar surface area (TPSA) is 114 Å². The Morgan fingerprint density at radius 2 is 1.70 bits per heavy atom. The first kappa shape index (κ1) is 21.2. The quantitative estimate of drug-likeness (QED) is 0.528. The Bertz CT molecular complexity index is 1180. The van der Waals surface area contributed by atoms with Crippen molar-refractivity contribution >= 4 is 32.9 Å². The van der Waals surface area contributed by atoms with Gasteiger partial charge in [-0.3, -0.25) is 4.79 Å². The molecule has 0 saturated carbocycles. The number of halogens is 2. The molecule has 0 unspecified atom stereocenters. The number of nitrogens with two attached hydrogens (primary N) is 1. The van der Waals surface area contributed by atoms with Gasteiger partial charge in [-0.25, -0.2) is 22.2 Å². The van der Waals surface area contributed by atoms with Crippen LogP contribution in [0.2, 0.25) is 0 Å². The Kier molecular flexibility index (Phi) is 5.97. The minimum Gasteiger partial charge on any atom is -0.380 e. The maximum Gasteiger partial charge on any atom is 0.252 e. The SMILES string of the molecule is CS(=O)(=O)c1ccc(Nc2cc(NCc3cc(F)cc(F)c3)c(C(N)=O)cn2)cc1. The van der Waals surface area contributed by atoms with Gasteiger partial charge in [0.05, 0.1) is 16.1 Å². The summed E-state index contributed by atoms with van der Waals surface area (Å²) in [6.07, 6.45) is 2.38. The molecule has 1 aromatic heterocycles. The molecular formula is C20H18F2N4O3S. The maximum absolute atomic E-state index is 13.4. The minimum absolute atomic E-state index is 0.0431. The highest BCUT2D eigenvalue weighted by Crippen LogP contribution is 2.23. The van der Waals surface area contributed by atoms with E-state index in [1.807, 2.05) is 0 Å². The number of sulfone groups is 1. The van der Waals surface area contributed by atoms with Crippen molar-refractivity contribution in [2.75, 3.05) is 16.9 Å². The molecule has 7 nitrogen and oxygen atoms in total. The van der Waals surface area contributed by atoms with E-state index in [4.69, 9.17) is 5.73 Å². The second-order valence-corrected chi connectivity index (χ2v) is 8.55. The number of carbonyl (C=O) groups excluding carboxylic acids is 1. The molecule has 156 valence electrons. The van der Waals surface area contributed by atoms with E-state index in [2.05, 4.69) is 15.6 Å². The molecule has 3 aromatic rings. The van der Waals surface area contributed by atoms with E-state index in [1.54, 1.807) is 12.1 Å². The number of carbonyl (C=O) groups is 1. The fourth-order valence-electron chi connectivity index (χ4n) is 2.71.